The summed E-state index contributed by atoms with van der Waals surface area (Å²) in [6.45, 7) is 0. The zero-order chi connectivity index (χ0) is 9.14. The van der Waals surface area contributed by atoms with E-state index in [4.69, 9.17) is 10.3 Å². The number of esters is 1. The summed E-state index contributed by atoms with van der Waals surface area (Å²) in [4.78, 5) is 13.4. The smallest absolute Gasteiger partial charge is 0.348 e. The van der Waals surface area contributed by atoms with Crippen LogP contribution in [0.5, 0.6) is 0 Å². The molecule has 12 heavy (non-hydrogen) atoms. The maximum Gasteiger partial charge on any atom is 0.348 e. The highest BCUT2D eigenvalue weighted by Gasteiger charge is 2.31. The van der Waals surface area contributed by atoms with E-state index in [1.165, 1.54) is 7.11 Å². The number of azide groups is 1. The van der Waals surface area contributed by atoms with E-state index < -0.39 is 12.3 Å². The van der Waals surface area contributed by atoms with E-state index in [0.29, 0.717) is 0 Å². The van der Waals surface area contributed by atoms with Gasteiger partial charge >= 0.3 is 5.97 Å². The highest BCUT2D eigenvalue weighted by Crippen LogP contribution is 2.28. The molecule has 0 radical (unpaired) electrons. The van der Waals surface area contributed by atoms with Crippen LogP contribution in [0.4, 0.5) is 0 Å². The lowest BCUT2D eigenvalue weighted by atomic mass is 10.4. The molecule has 1 aliphatic heterocycles. The molecule has 0 aromatic rings. The number of halogens is 1. The minimum Gasteiger partial charge on any atom is -0.427 e. The maximum atomic E-state index is 10.8. The lowest BCUT2D eigenvalue weighted by Crippen LogP contribution is -2.12. The van der Waals surface area contributed by atoms with Gasteiger partial charge in [-0.15, -0.1) is 0 Å². The Labute approximate surface area is 75.9 Å². The monoisotopic (exact) mass is 233 g/mol. The number of nitrogens with zero attached hydrogens (tertiary/aromatic N) is 3. The molecule has 0 saturated carbocycles. The standard InChI is InChI=1S/C5H4BrN3O3/c1-11-5-3(8-9-7)2(6)4(10)12-5/h5H,1H3. The van der Waals surface area contributed by atoms with Crippen LogP contribution < -0.4 is 0 Å². The molecule has 0 bridgehead atoms. The van der Waals surface area contributed by atoms with Crippen molar-refractivity contribution in [2.24, 2.45) is 5.11 Å². The third-order valence-electron chi connectivity index (χ3n) is 1.21. The van der Waals surface area contributed by atoms with Crippen LogP contribution in [0.2, 0.25) is 0 Å². The molecule has 0 fully saturated rings. The molecule has 1 atom stereocenters. The van der Waals surface area contributed by atoms with E-state index in [1.54, 1.807) is 0 Å². The zero-order valence-corrected chi connectivity index (χ0v) is 7.61. The second kappa shape index (κ2) is 3.57. The van der Waals surface area contributed by atoms with Crippen LogP contribution in [0.3, 0.4) is 0 Å². The first-order valence-corrected chi connectivity index (χ1v) is 3.68. The number of carbonyl (C=O) groups excluding carboxylic acids is 1. The van der Waals surface area contributed by atoms with Gasteiger partial charge in [0.05, 0.1) is 0 Å². The number of cyclic esters (lactones) is 1. The molecule has 0 aromatic heterocycles. The Morgan fingerprint density at radius 1 is 1.83 bits per heavy atom. The molecule has 0 spiro atoms. The van der Waals surface area contributed by atoms with Crippen LogP contribution in [-0.2, 0) is 14.3 Å². The van der Waals surface area contributed by atoms with Gasteiger partial charge in [-0.05, 0) is 21.5 Å². The van der Waals surface area contributed by atoms with Crippen LogP contribution in [0.1, 0.15) is 0 Å². The summed E-state index contributed by atoms with van der Waals surface area (Å²) in [6, 6.07) is 0. The van der Waals surface area contributed by atoms with E-state index in [9.17, 15) is 4.79 Å². The molecule has 0 amide bonds. The van der Waals surface area contributed by atoms with Crippen molar-refractivity contribution in [2.45, 2.75) is 6.29 Å². The quantitative estimate of drug-likeness (QED) is 0.313. The minimum atomic E-state index is -0.900. The average Bonchev–Trinajstić information content (AvgIpc) is 2.33. The third kappa shape index (κ3) is 1.42. The fourth-order valence-electron chi connectivity index (χ4n) is 0.712. The van der Waals surface area contributed by atoms with E-state index in [0.717, 1.165) is 0 Å². The Kier molecular flexibility index (Phi) is 2.69. The van der Waals surface area contributed by atoms with Gasteiger partial charge in [0.2, 0.25) is 6.29 Å². The van der Waals surface area contributed by atoms with Crippen LogP contribution in [0.25, 0.3) is 10.4 Å². The third-order valence-corrected chi connectivity index (χ3v) is 1.94. The number of carbonyl (C=O) groups is 1. The fourth-order valence-corrected chi connectivity index (χ4v) is 1.07. The highest BCUT2D eigenvalue weighted by molar-refractivity contribution is 9.12. The molecule has 64 valence electrons. The molecular formula is C5H4BrN3O3. The van der Waals surface area contributed by atoms with Crippen molar-refractivity contribution in [1.29, 1.82) is 0 Å². The molecule has 1 heterocycles. The van der Waals surface area contributed by atoms with Crippen molar-refractivity contribution in [2.75, 3.05) is 7.11 Å². The van der Waals surface area contributed by atoms with Crippen molar-refractivity contribution in [3.63, 3.8) is 0 Å². The number of ether oxygens (including phenoxy) is 2. The summed E-state index contributed by atoms with van der Waals surface area (Å²) in [5, 5.41) is 3.25. The van der Waals surface area contributed by atoms with E-state index in [2.05, 4.69) is 30.7 Å². The average molecular weight is 234 g/mol. The topological polar surface area (TPSA) is 84.3 Å². The summed E-state index contributed by atoms with van der Waals surface area (Å²) in [5.41, 5.74) is 8.24. The van der Waals surface area contributed by atoms with Gasteiger partial charge in [0.25, 0.3) is 0 Å². The minimum absolute atomic E-state index is 0.104. The largest absolute Gasteiger partial charge is 0.427 e. The Morgan fingerprint density at radius 2 is 2.50 bits per heavy atom. The predicted octanol–water partition coefficient (Wildman–Crippen LogP) is 1.43. The predicted molar refractivity (Wildman–Crippen MR) is 42.0 cm³/mol. The summed E-state index contributed by atoms with van der Waals surface area (Å²) in [7, 11) is 1.34. The van der Waals surface area contributed by atoms with Crippen molar-refractivity contribution >= 4 is 21.9 Å². The summed E-state index contributed by atoms with van der Waals surface area (Å²) >= 11 is 2.91. The van der Waals surface area contributed by atoms with Crippen LogP contribution in [0, 0.1) is 0 Å². The van der Waals surface area contributed by atoms with Crippen molar-refractivity contribution in [3.8, 4) is 0 Å². The van der Waals surface area contributed by atoms with Gasteiger partial charge in [-0.25, -0.2) is 4.79 Å². The Balaban J connectivity index is 3.02. The summed E-state index contributed by atoms with van der Waals surface area (Å²) < 4.78 is 9.47. The number of hydrogen-bond acceptors (Lipinski definition) is 4. The van der Waals surface area contributed by atoms with E-state index in [-0.39, 0.29) is 10.2 Å². The van der Waals surface area contributed by atoms with E-state index in [1.807, 2.05) is 0 Å². The Bertz CT molecular complexity index is 294. The van der Waals surface area contributed by atoms with Gasteiger partial charge in [0.15, 0.2) is 0 Å². The molecule has 7 heteroatoms. The highest BCUT2D eigenvalue weighted by atomic mass is 79.9. The molecule has 0 aliphatic carbocycles. The van der Waals surface area contributed by atoms with Crippen molar-refractivity contribution in [3.05, 3.63) is 20.6 Å². The van der Waals surface area contributed by atoms with Gasteiger partial charge in [-0.3, -0.25) is 0 Å². The molecule has 1 aliphatic rings. The first kappa shape index (κ1) is 9.05. The van der Waals surface area contributed by atoms with Gasteiger partial charge in [-0.2, -0.15) is 0 Å². The Morgan fingerprint density at radius 3 is 3.00 bits per heavy atom. The van der Waals surface area contributed by atoms with Crippen LogP contribution in [-0.4, -0.2) is 19.4 Å². The normalized spacial score (nSPS) is 22.2. The van der Waals surface area contributed by atoms with Crippen molar-refractivity contribution < 1.29 is 14.3 Å². The molecular weight excluding hydrogens is 230 g/mol. The first-order chi connectivity index (χ1) is 5.70. The lowest BCUT2D eigenvalue weighted by molar-refractivity contribution is -0.155. The van der Waals surface area contributed by atoms with Gasteiger partial charge in [-0.1, -0.05) is 5.11 Å². The molecule has 1 rings (SSSR count). The summed E-state index contributed by atoms with van der Waals surface area (Å²) in [5.74, 6) is -0.593. The van der Waals surface area contributed by atoms with Crippen LogP contribution in [0.15, 0.2) is 15.3 Å². The van der Waals surface area contributed by atoms with E-state index >= 15 is 0 Å². The maximum absolute atomic E-state index is 10.8. The second-order valence-corrected chi connectivity index (χ2v) is 2.65. The summed E-state index contributed by atoms with van der Waals surface area (Å²) in [6.07, 6.45) is -0.900. The number of rotatable bonds is 2. The van der Waals surface area contributed by atoms with Gasteiger partial charge < -0.3 is 9.47 Å². The molecule has 6 nitrogen and oxygen atoms in total. The van der Waals surface area contributed by atoms with Gasteiger partial charge in [0.1, 0.15) is 10.2 Å². The SMILES string of the molecule is COC1OC(=O)C(Br)=C1N=[N+]=[N-]. The number of hydrogen-bond donors (Lipinski definition) is 0. The second-order valence-electron chi connectivity index (χ2n) is 1.86. The Hall–Kier alpha value is -1.04. The lowest BCUT2D eigenvalue weighted by Gasteiger charge is -2.06. The molecule has 0 N–H and O–H groups in total. The molecule has 1 unspecified atom stereocenters. The molecule has 0 aromatic carbocycles. The fraction of sp³-hybridized carbons (Fsp3) is 0.400. The number of methoxy groups -OCH3 is 1. The zero-order valence-electron chi connectivity index (χ0n) is 6.02. The molecule has 0 saturated heterocycles. The van der Waals surface area contributed by atoms with Crippen LogP contribution >= 0.6 is 15.9 Å². The van der Waals surface area contributed by atoms with Crippen molar-refractivity contribution in [1.82, 2.24) is 0 Å². The van der Waals surface area contributed by atoms with Gasteiger partial charge in [0, 0.05) is 12.0 Å². The first-order valence-electron chi connectivity index (χ1n) is 2.89.